The highest BCUT2D eigenvalue weighted by Gasteiger charge is 2.27. The lowest BCUT2D eigenvalue weighted by Gasteiger charge is -2.18. The molecule has 0 aromatic heterocycles. The van der Waals surface area contributed by atoms with Crippen molar-refractivity contribution < 1.29 is 29.3 Å². The van der Waals surface area contributed by atoms with Gasteiger partial charge in [0, 0.05) is 7.11 Å². The van der Waals surface area contributed by atoms with Gasteiger partial charge in [-0.05, 0) is 5.56 Å². The molecule has 0 aliphatic heterocycles. The van der Waals surface area contributed by atoms with Crippen LogP contribution in [0.4, 0.5) is 0 Å². The molecule has 0 heterocycles. The number of benzene rings is 1. The zero-order valence-electron chi connectivity index (χ0n) is 10.8. The summed E-state index contributed by atoms with van der Waals surface area (Å²) in [6.07, 6.45) is -1.70. The van der Waals surface area contributed by atoms with Gasteiger partial charge in [-0.1, -0.05) is 30.3 Å². The zero-order valence-corrected chi connectivity index (χ0v) is 10.8. The minimum absolute atomic E-state index is 0.548. The lowest BCUT2D eigenvalue weighted by Crippen LogP contribution is -2.44. The van der Waals surface area contributed by atoms with Crippen molar-refractivity contribution in [3.63, 3.8) is 0 Å². The molecule has 7 nitrogen and oxygen atoms in total. The van der Waals surface area contributed by atoms with Gasteiger partial charge in [0.25, 0.3) is 5.91 Å². The second kappa shape index (κ2) is 7.25. The van der Waals surface area contributed by atoms with Crippen LogP contribution in [-0.4, -0.2) is 41.2 Å². The van der Waals surface area contributed by atoms with Gasteiger partial charge in [0.15, 0.2) is 6.10 Å². The van der Waals surface area contributed by atoms with Gasteiger partial charge in [0.1, 0.15) is 6.04 Å². The summed E-state index contributed by atoms with van der Waals surface area (Å²) in [7, 11) is 1.31. The number of aliphatic carboxylic acids is 2. The first-order valence-electron chi connectivity index (χ1n) is 5.78. The van der Waals surface area contributed by atoms with E-state index in [2.05, 4.69) is 5.32 Å². The first-order chi connectivity index (χ1) is 9.45. The van der Waals surface area contributed by atoms with Crippen molar-refractivity contribution in [1.29, 1.82) is 0 Å². The number of methoxy groups -OCH3 is 1. The topological polar surface area (TPSA) is 113 Å². The number of rotatable bonds is 7. The van der Waals surface area contributed by atoms with E-state index in [9.17, 15) is 14.4 Å². The molecule has 0 bridgehead atoms. The molecule has 3 N–H and O–H groups in total. The highest BCUT2D eigenvalue weighted by atomic mass is 16.5. The van der Waals surface area contributed by atoms with E-state index in [0.29, 0.717) is 5.56 Å². The highest BCUT2D eigenvalue weighted by Crippen LogP contribution is 2.16. The molecule has 7 heteroatoms. The molecular formula is C13H15NO6. The van der Waals surface area contributed by atoms with Crippen LogP contribution >= 0.6 is 0 Å². The molecule has 0 aliphatic carbocycles. The third kappa shape index (κ3) is 4.36. The van der Waals surface area contributed by atoms with Crippen molar-refractivity contribution in [1.82, 2.24) is 5.32 Å². The van der Waals surface area contributed by atoms with E-state index in [0.717, 1.165) is 0 Å². The molecule has 0 radical (unpaired) electrons. The Hall–Kier alpha value is -2.41. The Morgan fingerprint density at radius 1 is 1.20 bits per heavy atom. The molecule has 0 aliphatic rings. The zero-order chi connectivity index (χ0) is 15.1. The third-order valence-electron chi connectivity index (χ3n) is 2.57. The second-order valence-corrected chi connectivity index (χ2v) is 4.02. The number of hydrogen-bond donors (Lipinski definition) is 3. The number of carboxylic acids is 2. The van der Waals surface area contributed by atoms with Gasteiger partial charge in [0.05, 0.1) is 6.42 Å². The summed E-state index contributed by atoms with van der Waals surface area (Å²) < 4.78 is 5.03. The molecule has 1 aromatic carbocycles. The van der Waals surface area contributed by atoms with E-state index in [4.69, 9.17) is 14.9 Å². The molecule has 1 amide bonds. The number of nitrogens with one attached hydrogen (secondary N) is 1. The summed E-state index contributed by atoms with van der Waals surface area (Å²) >= 11 is 0. The minimum atomic E-state index is -1.50. The van der Waals surface area contributed by atoms with Crippen molar-refractivity contribution in [3.8, 4) is 0 Å². The average molecular weight is 281 g/mol. The van der Waals surface area contributed by atoms with E-state index in [1.807, 2.05) is 0 Å². The number of ether oxygens (including phenoxy) is 1. The number of hydrogen-bond acceptors (Lipinski definition) is 4. The van der Waals surface area contributed by atoms with Crippen molar-refractivity contribution in [2.24, 2.45) is 0 Å². The average Bonchev–Trinajstić information content (AvgIpc) is 2.39. The normalized spacial score (nSPS) is 13.2. The van der Waals surface area contributed by atoms with Gasteiger partial charge < -0.3 is 20.3 Å². The van der Waals surface area contributed by atoms with Gasteiger partial charge in [-0.3, -0.25) is 9.59 Å². The molecule has 1 rings (SSSR count). The molecule has 0 saturated heterocycles. The van der Waals surface area contributed by atoms with Crippen molar-refractivity contribution in [2.45, 2.75) is 18.6 Å². The summed E-state index contributed by atoms with van der Waals surface area (Å²) in [4.78, 5) is 33.4. The number of amides is 1. The molecule has 20 heavy (non-hydrogen) atoms. The van der Waals surface area contributed by atoms with Crippen LogP contribution in [0.15, 0.2) is 30.3 Å². The Labute approximate surface area is 115 Å². The van der Waals surface area contributed by atoms with E-state index in [1.165, 1.54) is 7.11 Å². The Kier molecular flexibility index (Phi) is 5.67. The minimum Gasteiger partial charge on any atom is -0.481 e. The van der Waals surface area contributed by atoms with Crippen LogP contribution in [0.25, 0.3) is 0 Å². The Bertz CT molecular complexity index is 487. The van der Waals surface area contributed by atoms with Crippen LogP contribution in [-0.2, 0) is 19.1 Å². The number of carboxylic acid groups (broad SMARTS) is 2. The Morgan fingerprint density at radius 2 is 1.80 bits per heavy atom. The molecule has 1 aromatic rings. The quantitative estimate of drug-likeness (QED) is 0.667. The molecule has 0 fully saturated rings. The fourth-order valence-corrected chi connectivity index (χ4v) is 1.64. The van der Waals surface area contributed by atoms with Crippen molar-refractivity contribution in [2.75, 3.05) is 7.11 Å². The first-order valence-corrected chi connectivity index (χ1v) is 5.78. The van der Waals surface area contributed by atoms with Crippen LogP contribution < -0.4 is 5.32 Å². The van der Waals surface area contributed by atoms with Crippen LogP contribution in [0.5, 0.6) is 0 Å². The van der Waals surface area contributed by atoms with E-state index in [-0.39, 0.29) is 0 Å². The lowest BCUT2D eigenvalue weighted by molar-refractivity contribution is -0.148. The fourth-order valence-electron chi connectivity index (χ4n) is 1.64. The maximum absolute atomic E-state index is 12.0. The number of carbonyl (C=O) groups is 3. The van der Waals surface area contributed by atoms with Gasteiger partial charge in [-0.15, -0.1) is 0 Å². The fraction of sp³-hybridized carbons (Fsp3) is 0.308. The van der Waals surface area contributed by atoms with Gasteiger partial charge >= 0.3 is 11.9 Å². The second-order valence-electron chi connectivity index (χ2n) is 4.02. The molecule has 0 unspecified atom stereocenters. The smallest absolute Gasteiger partial charge is 0.326 e. The monoisotopic (exact) mass is 281 g/mol. The van der Waals surface area contributed by atoms with Crippen molar-refractivity contribution >= 4 is 17.8 Å². The number of carbonyl (C=O) groups excluding carboxylic acids is 1. The van der Waals surface area contributed by atoms with Gasteiger partial charge in [0.2, 0.25) is 0 Å². The van der Waals surface area contributed by atoms with Crippen molar-refractivity contribution in [3.05, 3.63) is 35.9 Å². The largest absolute Gasteiger partial charge is 0.481 e. The van der Waals surface area contributed by atoms with Crippen LogP contribution in [0.1, 0.15) is 18.1 Å². The van der Waals surface area contributed by atoms with Gasteiger partial charge in [-0.25, -0.2) is 4.79 Å². The predicted octanol–water partition coefficient (Wildman–Crippen LogP) is 0.418. The van der Waals surface area contributed by atoms with Crippen LogP contribution in [0.2, 0.25) is 0 Å². The Balaban J connectivity index is 2.81. The predicted molar refractivity (Wildman–Crippen MR) is 68.0 cm³/mol. The summed E-state index contributed by atoms with van der Waals surface area (Å²) in [5, 5.41) is 19.6. The summed E-state index contributed by atoms with van der Waals surface area (Å²) in [5.74, 6) is -3.43. The molecular weight excluding hydrogens is 266 g/mol. The Morgan fingerprint density at radius 3 is 2.25 bits per heavy atom. The summed E-state index contributed by atoms with van der Waals surface area (Å²) in [6, 6.07) is 6.99. The van der Waals surface area contributed by atoms with E-state index in [1.54, 1.807) is 30.3 Å². The van der Waals surface area contributed by atoms with E-state index < -0.39 is 36.4 Å². The summed E-state index contributed by atoms with van der Waals surface area (Å²) in [5.41, 5.74) is 0.548. The highest BCUT2D eigenvalue weighted by molar-refractivity contribution is 5.89. The van der Waals surface area contributed by atoms with Crippen LogP contribution in [0.3, 0.4) is 0 Å². The summed E-state index contributed by atoms with van der Waals surface area (Å²) in [6.45, 7) is 0. The molecule has 2 atom stereocenters. The molecule has 0 spiro atoms. The first kappa shape index (κ1) is 15.6. The maximum atomic E-state index is 12.0. The SMILES string of the molecule is CO[C@@H](C(=O)N[C@H](CC(=O)O)C(=O)O)c1ccccc1. The van der Waals surface area contributed by atoms with Crippen LogP contribution in [0, 0.1) is 0 Å². The maximum Gasteiger partial charge on any atom is 0.326 e. The third-order valence-corrected chi connectivity index (χ3v) is 2.57. The van der Waals surface area contributed by atoms with Gasteiger partial charge in [-0.2, -0.15) is 0 Å². The molecule has 108 valence electrons. The molecule has 0 saturated carbocycles. The lowest BCUT2D eigenvalue weighted by atomic mass is 10.1. The van der Waals surface area contributed by atoms with E-state index >= 15 is 0 Å². The standard InChI is InChI=1S/C13H15NO6/c1-20-11(8-5-3-2-4-6-8)12(17)14-9(13(18)19)7-10(15)16/h2-6,9,11H,7H2,1H3,(H,14,17)(H,15,16)(H,18,19)/t9-,11-/m1/s1.